The normalized spacial score (nSPS) is 19.7. The number of nitrogens with zero attached hydrogens (tertiary/aromatic N) is 4. The molecule has 2 aliphatic heterocycles. The predicted octanol–water partition coefficient (Wildman–Crippen LogP) is 1.03. The molecule has 20 heavy (non-hydrogen) atoms. The third kappa shape index (κ3) is 2.45. The molecule has 5 nitrogen and oxygen atoms in total. The van der Waals surface area contributed by atoms with Gasteiger partial charge in [0.1, 0.15) is 5.82 Å². The summed E-state index contributed by atoms with van der Waals surface area (Å²) in [5.74, 6) is -0.487. The SMILES string of the molecule is CC(CN1CCn2c(nnc2C(F)(F)F)C1)=C1CNC1. The Labute approximate surface area is 114 Å². The fourth-order valence-electron chi connectivity index (χ4n) is 2.55. The molecule has 1 aromatic rings. The number of fused-ring (bicyclic) bond motifs is 1. The van der Waals surface area contributed by atoms with Gasteiger partial charge in [0.2, 0.25) is 5.82 Å². The van der Waals surface area contributed by atoms with E-state index in [1.807, 2.05) is 0 Å². The highest BCUT2D eigenvalue weighted by Gasteiger charge is 2.39. The van der Waals surface area contributed by atoms with E-state index in [-0.39, 0.29) is 6.54 Å². The van der Waals surface area contributed by atoms with Gasteiger partial charge in [0.15, 0.2) is 0 Å². The Morgan fingerprint density at radius 2 is 2.00 bits per heavy atom. The van der Waals surface area contributed by atoms with Gasteiger partial charge in [-0.2, -0.15) is 13.2 Å². The number of alkyl halides is 3. The summed E-state index contributed by atoms with van der Waals surface area (Å²) in [7, 11) is 0. The molecule has 110 valence electrons. The van der Waals surface area contributed by atoms with Crippen molar-refractivity contribution in [2.24, 2.45) is 0 Å². The van der Waals surface area contributed by atoms with E-state index >= 15 is 0 Å². The van der Waals surface area contributed by atoms with Gasteiger partial charge in [-0.15, -0.1) is 10.2 Å². The van der Waals surface area contributed by atoms with Crippen molar-refractivity contribution in [2.45, 2.75) is 26.2 Å². The van der Waals surface area contributed by atoms with Crippen molar-refractivity contribution >= 4 is 0 Å². The van der Waals surface area contributed by atoms with Crippen molar-refractivity contribution in [3.8, 4) is 0 Å². The van der Waals surface area contributed by atoms with Gasteiger partial charge in [-0.3, -0.25) is 4.90 Å². The second kappa shape index (κ2) is 4.85. The minimum Gasteiger partial charge on any atom is -0.309 e. The summed E-state index contributed by atoms with van der Waals surface area (Å²) in [6.45, 7) is 6.01. The molecule has 1 aromatic heterocycles. The van der Waals surface area contributed by atoms with E-state index in [0.717, 1.165) is 19.6 Å². The van der Waals surface area contributed by atoms with Crippen molar-refractivity contribution in [3.63, 3.8) is 0 Å². The molecular weight excluding hydrogens is 271 g/mol. The Hall–Kier alpha value is -1.41. The van der Waals surface area contributed by atoms with Gasteiger partial charge in [-0.05, 0) is 12.5 Å². The number of nitrogens with one attached hydrogen (secondary N) is 1. The first kappa shape index (κ1) is 13.6. The molecule has 1 saturated heterocycles. The van der Waals surface area contributed by atoms with E-state index < -0.39 is 12.0 Å². The van der Waals surface area contributed by atoms with E-state index in [0.29, 0.717) is 18.9 Å². The van der Waals surface area contributed by atoms with E-state index in [1.54, 1.807) is 0 Å². The number of aromatic nitrogens is 3. The summed E-state index contributed by atoms with van der Waals surface area (Å²) < 4.78 is 39.4. The summed E-state index contributed by atoms with van der Waals surface area (Å²) in [5.41, 5.74) is 2.70. The topological polar surface area (TPSA) is 46.0 Å². The molecule has 0 bridgehead atoms. The van der Waals surface area contributed by atoms with Crippen LogP contribution >= 0.6 is 0 Å². The van der Waals surface area contributed by atoms with Crippen LogP contribution in [0.15, 0.2) is 11.1 Å². The molecule has 0 amide bonds. The molecule has 3 rings (SSSR count). The van der Waals surface area contributed by atoms with E-state index in [9.17, 15) is 13.2 Å². The number of hydrogen-bond acceptors (Lipinski definition) is 4. The molecule has 2 aliphatic rings. The van der Waals surface area contributed by atoms with Crippen LogP contribution in [-0.4, -0.2) is 45.8 Å². The number of rotatable bonds is 2. The molecule has 0 atom stereocenters. The minimum absolute atomic E-state index is 0.290. The standard InChI is InChI=1S/C12H16F3N5/c1-8(9-4-16-5-9)6-19-2-3-20-10(7-19)17-18-11(20)12(13,14)15/h16H,2-7H2,1H3. The van der Waals surface area contributed by atoms with Crippen LogP contribution in [0.25, 0.3) is 0 Å². The number of hydrogen-bond donors (Lipinski definition) is 1. The second-order valence-electron chi connectivity index (χ2n) is 5.29. The lowest BCUT2D eigenvalue weighted by atomic mass is 10.0. The fourth-order valence-corrected chi connectivity index (χ4v) is 2.55. The highest BCUT2D eigenvalue weighted by Crippen LogP contribution is 2.29. The van der Waals surface area contributed by atoms with Gasteiger partial charge in [-0.25, -0.2) is 0 Å². The molecule has 1 N–H and O–H groups in total. The molecule has 0 aliphatic carbocycles. The Morgan fingerprint density at radius 3 is 2.60 bits per heavy atom. The third-order valence-corrected chi connectivity index (χ3v) is 3.83. The first-order chi connectivity index (χ1) is 9.45. The monoisotopic (exact) mass is 287 g/mol. The Balaban J connectivity index is 1.72. The highest BCUT2D eigenvalue weighted by atomic mass is 19.4. The van der Waals surface area contributed by atoms with Crippen molar-refractivity contribution in [2.75, 3.05) is 26.2 Å². The molecular formula is C12H16F3N5. The summed E-state index contributed by atoms with van der Waals surface area (Å²) in [5, 5.41) is 10.2. The Morgan fingerprint density at radius 1 is 1.25 bits per heavy atom. The van der Waals surface area contributed by atoms with Crippen LogP contribution in [0.4, 0.5) is 13.2 Å². The molecule has 0 spiro atoms. The largest absolute Gasteiger partial charge is 0.451 e. The smallest absolute Gasteiger partial charge is 0.309 e. The zero-order chi connectivity index (χ0) is 14.3. The minimum atomic E-state index is -4.43. The van der Waals surface area contributed by atoms with Crippen molar-refractivity contribution < 1.29 is 13.2 Å². The van der Waals surface area contributed by atoms with Crippen LogP contribution in [0.1, 0.15) is 18.6 Å². The van der Waals surface area contributed by atoms with Gasteiger partial charge >= 0.3 is 6.18 Å². The van der Waals surface area contributed by atoms with Crippen LogP contribution < -0.4 is 5.32 Å². The van der Waals surface area contributed by atoms with Crippen LogP contribution in [0.5, 0.6) is 0 Å². The molecule has 0 saturated carbocycles. The zero-order valence-electron chi connectivity index (χ0n) is 11.2. The average molecular weight is 287 g/mol. The quantitative estimate of drug-likeness (QED) is 0.825. The molecule has 0 unspecified atom stereocenters. The van der Waals surface area contributed by atoms with Gasteiger partial charge < -0.3 is 9.88 Å². The van der Waals surface area contributed by atoms with Crippen LogP contribution in [0.2, 0.25) is 0 Å². The first-order valence-electron chi connectivity index (χ1n) is 6.55. The zero-order valence-corrected chi connectivity index (χ0v) is 11.2. The van der Waals surface area contributed by atoms with Gasteiger partial charge in [-0.1, -0.05) is 5.57 Å². The summed E-state index contributed by atoms with van der Waals surface area (Å²) in [6, 6.07) is 0. The molecule has 3 heterocycles. The molecule has 8 heteroatoms. The first-order valence-corrected chi connectivity index (χ1v) is 6.55. The summed E-state index contributed by atoms with van der Waals surface area (Å²) in [4.78, 5) is 2.12. The van der Waals surface area contributed by atoms with E-state index in [4.69, 9.17) is 0 Å². The van der Waals surface area contributed by atoms with Crippen molar-refractivity contribution in [1.29, 1.82) is 0 Å². The second-order valence-corrected chi connectivity index (χ2v) is 5.29. The van der Waals surface area contributed by atoms with E-state index in [2.05, 4.69) is 27.3 Å². The summed E-state index contributed by atoms with van der Waals surface area (Å²) in [6.07, 6.45) is -4.43. The lowest BCUT2D eigenvalue weighted by Crippen LogP contribution is -2.39. The lowest BCUT2D eigenvalue weighted by Gasteiger charge is -2.30. The summed E-state index contributed by atoms with van der Waals surface area (Å²) >= 11 is 0. The third-order valence-electron chi connectivity index (χ3n) is 3.83. The maximum Gasteiger partial charge on any atom is 0.451 e. The number of halogens is 3. The van der Waals surface area contributed by atoms with Crippen molar-refractivity contribution in [1.82, 2.24) is 25.0 Å². The van der Waals surface area contributed by atoms with Gasteiger partial charge in [0.25, 0.3) is 0 Å². The lowest BCUT2D eigenvalue weighted by molar-refractivity contribution is -0.148. The molecule has 0 radical (unpaired) electrons. The predicted molar refractivity (Wildman–Crippen MR) is 65.9 cm³/mol. The fraction of sp³-hybridized carbons (Fsp3) is 0.667. The van der Waals surface area contributed by atoms with Gasteiger partial charge in [0, 0.05) is 32.7 Å². The van der Waals surface area contributed by atoms with Crippen molar-refractivity contribution in [3.05, 3.63) is 22.8 Å². The molecule has 0 aromatic carbocycles. The average Bonchev–Trinajstić information content (AvgIpc) is 2.68. The Bertz CT molecular complexity index is 540. The van der Waals surface area contributed by atoms with Crippen LogP contribution in [0, 0.1) is 0 Å². The molecule has 1 fully saturated rings. The highest BCUT2D eigenvalue weighted by molar-refractivity contribution is 5.22. The van der Waals surface area contributed by atoms with Gasteiger partial charge in [0.05, 0.1) is 6.54 Å². The maximum absolute atomic E-state index is 12.7. The Kier molecular flexibility index (Phi) is 3.29. The van der Waals surface area contributed by atoms with Crippen LogP contribution in [-0.2, 0) is 19.3 Å². The van der Waals surface area contributed by atoms with Crippen LogP contribution in [0.3, 0.4) is 0 Å². The van der Waals surface area contributed by atoms with E-state index in [1.165, 1.54) is 15.7 Å². The maximum atomic E-state index is 12.7.